The standard InChI is InChI=1S/C23H24ClF3N2O/c1-14(22-28-20-10-9-18(24)12-21(20)29-22)16-7-5-15(6-8-16)13-30-19-4-2-3-17(11-19)23(25,26)27/h2-4,9-12,14-16H,5-8,13H2,1H3,(H,28,29). The van der Waals surface area contributed by atoms with Crippen LogP contribution in [0.5, 0.6) is 5.75 Å². The molecule has 3 aromatic rings. The Bertz CT molecular complexity index is 1010. The van der Waals surface area contributed by atoms with Crippen molar-refractivity contribution in [1.82, 2.24) is 9.97 Å². The molecular formula is C23H24ClF3N2O. The Morgan fingerprint density at radius 2 is 1.90 bits per heavy atom. The maximum absolute atomic E-state index is 12.8. The molecule has 2 aromatic carbocycles. The van der Waals surface area contributed by atoms with Crippen LogP contribution in [-0.4, -0.2) is 16.6 Å². The summed E-state index contributed by atoms with van der Waals surface area (Å²) in [5.74, 6) is 2.45. The first-order chi connectivity index (χ1) is 14.3. The van der Waals surface area contributed by atoms with E-state index in [-0.39, 0.29) is 5.75 Å². The van der Waals surface area contributed by atoms with E-state index in [1.807, 2.05) is 18.2 Å². The zero-order chi connectivity index (χ0) is 21.3. The van der Waals surface area contributed by atoms with Gasteiger partial charge in [-0.15, -0.1) is 0 Å². The first kappa shape index (κ1) is 21.0. The molecule has 1 N–H and O–H groups in total. The molecule has 30 heavy (non-hydrogen) atoms. The highest BCUT2D eigenvalue weighted by Crippen LogP contribution is 2.38. The van der Waals surface area contributed by atoms with Gasteiger partial charge in [-0.05, 0) is 73.9 Å². The van der Waals surface area contributed by atoms with Gasteiger partial charge in [-0.1, -0.05) is 24.6 Å². The highest BCUT2D eigenvalue weighted by molar-refractivity contribution is 6.31. The van der Waals surface area contributed by atoms with E-state index in [0.29, 0.717) is 29.4 Å². The van der Waals surface area contributed by atoms with Crippen LogP contribution in [-0.2, 0) is 6.18 Å². The quantitative estimate of drug-likeness (QED) is 0.458. The predicted molar refractivity (Wildman–Crippen MR) is 112 cm³/mol. The summed E-state index contributed by atoms with van der Waals surface area (Å²) in [4.78, 5) is 8.12. The minimum atomic E-state index is -4.35. The summed E-state index contributed by atoms with van der Waals surface area (Å²) in [5.41, 5.74) is 1.20. The number of H-pyrrole nitrogens is 1. The molecular weight excluding hydrogens is 413 g/mol. The molecule has 1 aliphatic carbocycles. The highest BCUT2D eigenvalue weighted by Gasteiger charge is 2.31. The van der Waals surface area contributed by atoms with Crippen molar-refractivity contribution in [1.29, 1.82) is 0 Å². The number of hydrogen-bond acceptors (Lipinski definition) is 2. The Balaban J connectivity index is 1.31. The lowest BCUT2D eigenvalue weighted by molar-refractivity contribution is -0.137. The average Bonchev–Trinajstić information content (AvgIpc) is 3.15. The minimum Gasteiger partial charge on any atom is -0.493 e. The topological polar surface area (TPSA) is 37.9 Å². The third-order valence-electron chi connectivity index (χ3n) is 6.14. The van der Waals surface area contributed by atoms with Crippen molar-refractivity contribution in [3.05, 3.63) is 58.9 Å². The van der Waals surface area contributed by atoms with Crippen LogP contribution in [0.1, 0.15) is 49.9 Å². The van der Waals surface area contributed by atoms with Gasteiger partial charge in [0.2, 0.25) is 0 Å². The van der Waals surface area contributed by atoms with E-state index in [0.717, 1.165) is 54.7 Å². The second kappa shape index (κ2) is 8.50. The van der Waals surface area contributed by atoms with E-state index in [1.54, 1.807) is 6.07 Å². The fraction of sp³-hybridized carbons (Fsp3) is 0.435. The van der Waals surface area contributed by atoms with Crippen LogP contribution in [0.25, 0.3) is 11.0 Å². The third-order valence-corrected chi connectivity index (χ3v) is 6.37. The molecule has 1 saturated carbocycles. The number of rotatable bonds is 5. The molecule has 1 heterocycles. The first-order valence-electron chi connectivity index (χ1n) is 10.2. The molecule has 0 saturated heterocycles. The number of ether oxygens (including phenoxy) is 1. The van der Waals surface area contributed by atoms with Crippen LogP contribution in [0.4, 0.5) is 13.2 Å². The number of benzene rings is 2. The van der Waals surface area contributed by atoms with Crippen molar-refractivity contribution in [3.8, 4) is 5.75 Å². The Morgan fingerprint density at radius 1 is 1.13 bits per heavy atom. The second-order valence-corrected chi connectivity index (χ2v) is 8.63. The number of fused-ring (bicyclic) bond motifs is 1. The number of hydrogen-bond donors (Lipinski definition) is 1. The summed E-state index contributed by atoms with van der Waals surface area (Å²) >= 11 is 6.06. The molecule has 0 bridgehead atoms. The molecule has 1 fully saturated rings. The zero-order valence-corrected chi connectivity index (χ0v) is 17.4. The molecule has 0 aliphatic heterocycles. The first-order valence-corrected chi connectivity index (χ1v) is 10.6. The normalized spacial score (nSPS) is 21.0. The van der Waals surface area contributed by atoms with Crippen molar-refractivity contribution in [3.63, 3.8) is 0 Å². The van der Waals surface area contributed by atoms with E-state index < -0.39 is 11.7 Å². The number of aromatic amines is 1. The van der Waals surface area contributed by atoms with E-state index in [1.165, 1.54) is 6.07 Å². The predicted octanol–water partition coefficient (Wildman–Crippen LogP) is 7.22. The van der Waals surface area contributed by atoms with Gasteiger partial charge in [0, 0.05) is 10.9 Å². The number of nitrogens with one attached hydrogen (secondary N) is 1. The summed E-state index contributed by atoms with van der Waals surface area (Å²) in [6.45, 7) is 2.65. The lowest BCUT2D eigenvalue weighted by Crippen LogP contribution is -2.23. The number of nitrogens with zero attached hydrogens (tertiary/aromatic N) is 1. The maximum atomic E-state index is 12.8. The summed E-state index contributed by atoms with van der Waals surface area (Å²) < 4.78 is 44.2. The van der Waals surface area contributed by atoms with E-state index in [2.05, 4.69) is 11.9 Å². The molecule has 160 valence electrons. The molecule has 7 heteroatoms. The van der Waals surface area contributed by atoms with Gasteiger partial charge in [0.25, 0.3) is 0 Å². The van der Waals surface area contributed by atoms with Gasteiger partial charge < -0.3 is 9.72 Å². The van der Waals surface area contributed by atoms with E-state index in [4.69, 9.17) is 21.3 Å². The van der Waals surface area contributed by atoms with Crippen LogP contribution in [0, 0.1) is 11.8 Å². The summed E-state index contributed by atoms with van der Waals surface area (Å²) in [6, 6.07) is 10.8. The highest BCUT2D eigenvalue weighted by atomic mass is 35.5. The Hall–Kier alpha value is -2.21. The monoisotopic (exact) mass is 436 g/mol. The van der Waals surface area contributed by atoms with Crippen LogP contribution in [0.2, 0.25) is 5.02 Å². The largest absolute Gasteiger partial charge is 0.493 e. The van der Waals surface area contributed by atoms with Gasteiger partial charge in [-0.3, -0.25) is 0 Å². The molecule has 1 aliphatic rings. The van der Waals surface area contributed by atoms with Gasteiger partial charge >= 0.3 is 6.18 Å². The number of imidazole rings is 1. The molecule has 1 aromatic heterocycles. The molecule has 0 radical (unpaired) electrons. The Labute approximate surface area is 178 Å². The summed E-state index contributed by atoms with van der Waals surface area (Å²) in [7, 11) is 0. The summed E-state index contributed by atoms with van der Waals surface area (Å²) in [6.07, 6.45) is -0.249. The van der Waals surface area contributed by atoms with E-state index in [9.17, 15) is 13.2 Å². The van der Waals surface area contributed by atoms with Crippen molar-refractivity contribution >= 4 is 22.6 Å². The molecule has 1 atom stereocenters. The summed E-state index contributed by atoms with van der Waals surface area (Å²) in [5, 5.41) is 0.687. The fourth-order valence-electron chi connectivity index (χ4n) is 4.27. The van der Waals surface area contributed by atoms with E-state index >= 15 is 0 Å². The lowest BCUT2D eigenvalue weighted by atomic mass is 9.76. The van der Waals surface area contributed by atoms with Crippen molar-refractivity contribution in [2.45, 2.75) is 44.7 Å². The number of alkyl halides is 3. The van der Waals surface area contributed by atoms with Crippen LogP contribution < -0.4 is 4.74 Å². The van der Waals surface area contributed by atoms with Crippen molar-refractivity contribution < 1.29 is 17.9 Å². The van der Waals surface area contributed by atoms with Crippen LogP contribution in [0.15, 0.2) is 42.5 Å². The third kappa shape index (κ3) is 4.75. The van der Waals surface area contributed by atoms with Crippen molar-refractivity contribution in [2.24, 2.45) is 11.8 Å². The fourth-order valence-corrected chi connectivity index (χ4v) is 4.44. The van der Waals surface area contributed by atoms with Gasteiger partial charge in [0.05, 0.1) is 23.2 Å². The molecule has 3 nitrogen and oxygen atoms in total. The number of halogens is 4. The van der Waals surface area contributed by atoms with Gasteiger partial charge in [-0.25, -0.2) is 4.98 Å². The van der Waals surface area contributed by atoms with Crippen LogP contribution in [0.3, 0.4) is 0 Å². The Kier molecular flexibility index (Phi) is 5.96. The zero-order valence-electron chi connectivity index (χ0n) is 16.7. The number of aromatic nitrogens is 2. The maximum Gasteiger partial charge on any atom is 0.416 e. The van der Waals surface area contributed by atoms with Crippen molar-refractivity contribution in [2.75, 3.05) is 6.61 Å². The van der Waals surface area contributed by atoms with Gasteiger partial charge in [0.1, 0.15) is 11.6 Å². The molecule has 0 spiro atoms. The molecule has 1 unspecified atom stereocenters. The minimum absolute atomic E-state index is 0.279. The molecule has 4 rings (SSSR count). The SMILES string of the molecule is CC(c1nc2ccc(Cl)cc2[nH]1)C1CCC(COc2cccc(C(F)(F)F)c2)CC1. The van der Waals surface area contributed by atoms with Gasteiger partial charge in [-0.2, -0.15) is 13.2 Å². The van der Waals surface area contributed by atoms with Crippen LogP contribution >= 0.6 is 11.6 Å². The second-order valence-electron chi connectivity index (χ2n) is 8.19. The lowest BCUT2D eigenvalue weighted by Gasteiger charge is -2.31. The Morgan fingerprint density at radius 3 is 2.63 bits per heavy atom. The molecule has 0 amide bonds. The average molecular weight is 437 g/mol. The smallest absolute Gasteiger partial charge is 0.416 e. The van der Waals surface area contributed by atoms with Gasteiger partial charge in [0.15, 0.2) is 0 Å².